The first-order chi connectivity index (χ1) is 17.5. The molecule has 190 valence electrons. The van der Waals surface area contributed by atoms with Crippen molar-refractivity contribution in [2.45, 2.75) is 39.5 Å². The molecule has 3 aromatic carbocycles. The first kappa shape index (κ1) is 26.8. The Kier molecular flexibility index (Phi) is 10.4. The van der Waals surface area contributed by atoms with Gasteiger partial charge < -0.3 is 19.9 Å². The molecule has 6 heteroatoms. The van der Waals surface area contributed by atoms with Crippen LogP contribution in [0.1, 0.15) is 49.0 Å². The maximum absolute atomic E-state index is 12.4. The average Bonchev–Trinajstić information content (AvgIpc) is 2.90. The lowest BCUT2D eigenvalue weighted by Crippen LogP contribution is -2.28. The quantitative estimate of drug-likeness (QED) is 0.235. The minimum atomic E-state index is -0.185. The predicted molar refractivity (Wildman–Crippen MR) is 141 cm³/mol. The average molecular weight is 490 g/mol. The molecule has 0 aliphatic rings. The van der Waals surface area contributed by atoms with Gasteiger partial charge in [-0.1, -0.05) is 62.2 Å². The first-order valence-electron chi connectivity index (χ1n) is 12.6. The van der Waals surface area contributed by atoms with Crippen molar-refractivity contribution in [3.05, 3.63) is 83.9 Å². The topological polar surface area (TPSA) is 84.9 Å². The molecular weight excluding hydrogens is 454 g/mol. The molecule has 1 atom stereocenters. The molecule has 0 radical (unpaired) electrons. The van der Waals surface area contributed by atoms with Crippen LogP contribution < -0.4 is 10.1 Å². The fourth-order valence-corrected chi connectivity index (χ4v) is 3.97. The molecule has 0 saturated heterocycles. The predicted octanol–water partition coefficient (Wildman–Crippen LogP) is 5.78. The van der Waals surface area contributed by atoms with Gasteiger partial charge in [-0.2, -0.15) is 0 Å². The van der Waals surface area contributed by atoms with E-state index in [9.17, 15) is 14.7 Å². The Morgan fingerprint density at radius 1 is 0.944 bits per heavy atom. The summed E-state index contributed by atoms with van der Waals surface area (Å²) < 4.78 is 11.0. The molecule has 0 aromatic heterocycles. The summed E-state index contributed by atoms with van der Waals surface area (Å²) >= 11 is 0. The maximum atomic E-state index is 12.4. The van der Waals surface area contributed by atoms with Gasteiger partial charge >= 0.3 is 5.97 Å². The third-order valence-corrected chi connectivity index (χ3v) is 5.95. The van der Waals surface area contributed by atoms with Crippen molar-refractivity contribution < 1.29 is 24.2 Å². The van der Waals surface area contributed by atoms with Crippen LogP contribution >= 0.6 is 0 Å². The number of amides is 1. The fraction of sp³-hybridized carbons (Fsp3) is 0.333. The summed E-state index contributed by atoms with van der Waals surface area (Å²) in [6.07, 6.45) is 3.52. The molecule has 0 spiro atoms. The fourth-order valence-electron chi connectivity index (χ4n) is 3.97. The van der Waals surface area contributed by atoms with E-state index in [0.29, 0.717) is 37.5 Å². The summed E-state index contributed by atoms with van der Waals surface area (Å²) in [6.45, 7) is 5.04. The summed E-state index contributed by atoms with van der Waals surface area (Å²) in [5.74, 6) is 0.473. The van der Waals surface area contributed by atoms with E-state index in [1.807, 2.05) is 55.5 Å². The van der Waals surface area contributed by atoms with E-state index >= 15 is 0 Å². The van der Waals surface area contributed by atoms with Crippen LogP contribution in [0.3, 0.4) is 0 Å². The number of phenolic OH excluding ortho intramolecular Hbond substituents is 1. The van der Waals surface area contributed by atoms with Crippen molar-refractivity contribution in [2.75, 3.05) is 19.8 Å². The van der Waals surface area contributed by atoms with Crippen molar-refractivity contribution in [3.63, 3.8) is 0 Å². The van der Waals surface area contributed by atoms with Gasteiger partial charge in [0.15, 0.2) is 0 Å². The number of aromatic hydroxyl groups is 1. The third-order valence-electron chi connectivity index (χ3n) is 5.95. The number of ether oxygens (including phenoxy) is 2. The summed E-state index contributed by atoms with van der Waals surface area (Å²) in [5, 5.41) is 12.9. The van der Waals surface area contributed by atoms with Gasteiger partial charge in [0, 0.05) is 11.1 Å². The van der Waals surface area contributed by atoms with E-state index in [1.165, 1.54) is 0 Å². The molecule has 36 heavy (non-hydrogen) atoms. The number of carbonyl (C=O) groups excluding carboxylic acids is 2. The number of benzene rings is 3. The lowest BCUT2D eigenvalue weighted by Gasteiger charge is -2.15. The SMILES string of the molecule is CCCCC(Cc1ccc(OCCNC(=O)c2ccc(-c3ccccc3O)cc2)cc1)C(=O)OCC. The van der Waals surface area contributed by atoms with Crippen molar-refractivity contribution in [1.82, 2.24) is 5.32 Å². The monoisotopic (exact) mass is 489 g/mol. The molecule has 0 bridgehead atoms. The first-order valence-corrected chi connectivity index (χ1v) is 12.6. The molecule has 2 N–H and O–H groups in total. The van der Waals surface area contributed by atoms with E-state index in [0.717, 1.165) is 36.0 Å². The number of nitrogens with one attached hydrogen (secondary N) is 1. The third kappa shape index (κ3) is 7.87. The number of hydrogen-bond donors (Lipinski definition) is 2. The Bertz CT molecular complexity index is 1110. The molecule has 0 saturated carbocycles. The summed E-state index contributed by atoms with van der Waals surface area (Å²) in [4.78, 5) is 24.7. The Hall–Kier alpha value is -3.80. The molecule has 0 aliphatic carbocycles. The van der Waals surface area contributed by atoms with Crippen LogP contribution in [0.2, 0.25) is 0 Å². The Morgan fingerprint density at radius 2 is 1.67 bits per heavy atom. The van der Waals surface area contributed by atoms with Gasteiger partial charge in [0.1, 0.15) is 18.1 Å². The molecule has 1 amide bonds. The van der Waals surface area contributed by atoms with Gasteiger partial charge in [-0.15, -0.1) is 0 Å². The van der Waals surface area contributed by atoms with Crippen LogP contribution in [-0.2, 0) is 16.0 Å². The highest BCUT2D eigenvalue weighted by Crippen LogP contribution is 2.28. The Morgan fingerprint density at radius 3 is 2.33 bits per heavy atom. The second kappa shape index (κ2) is 13.9. The number of rotatable bonds is 13. The van der Waals surface area contributed by atoms with Gasteiger partial charge in [-0.3, -0.25) is 9.59 Å². The normalized spacial score (nSPS) is 11.5. The molecule has 0 heterocycles. The lowest BCUT2D eigenvalue weighted by molar-refractivity contribution is -0.148. The minimum Gasteiger partial charge on any atom is -0.507 e. The number of carbonyl (C=O) groups is 2. The molecule has 3 rings (SSSR count). The van der Waals surface area contributed by atoms with Gasteiger partial charge in [-0.05, 0) is 61.2 Å². The summed E-state index contributed by atoms with van der Waals surface area (Å²) in [7, 11) is 0. The molecular formula is C30H35NO5. The number of phenols is 1. The van der Waals surface area contributed by atoms with Crippen LogP contribution in [0, 0.1) is 5.92 Å². The van der Waals surface area contributed by atoms with E-state index < -0.39 is 0 Å². The second-order valence-electron chi connectivity index (χ2n) is 8.64. The van der Waals surface area contributed by atoms with Crippen LogP contribution in [0.5, 0.6) is 11.5 Å². The molecule has 3 aromatic rings. The zero-order valence-electron chi connectivity index (χ0n) is 21.0. The largest absolute Gasteiger partial charge is 0.507 e. The molecule has 6 nitrogen and oxygen atoms in total. The van der Waals surface area contributed by atoms with Gasteiger partial charge in [0.2, 0.25) is 0 Å². The van der Waals surface area contributed by atoms with E-state index in [-0.39, 0.29) is 23.5 Å². The Balaban J connectivity index is 1.44. The van der Waals surface area contributed by atoms with Crippen LogP contribution in [-0.4, -0.2) is 36.7 Å². The summed E-state index contributed by atoms with van der Waals surface area (Å²) in [6, 6.07) is 21.9. The number of unbranched alkanes of at least 4 members (excludes halogenated alkanes) is 1. The van der Waals surface area contributed by atoms with Crippen molar-refractivity contribution in [1.29, 1.82) is 0 Å². The maximum Gasteiger partial charge on any atom is 0.309 e. The van der Waals surface area contributed by atoms with Gasteiger partial charge in [-0.25, -0.2) is 0 Å². The van der Waals surface area contributed by atoms with E-state index in [1.54, 1.807) is 24.3 Å². The highest BCUT2D eigenvalue weighted by atomic mass is 16.5. The number of para-hydroxylation sites is 1. The van der Waals surface area contributed by atoms with Crippen molar-refractivity contribution in [3.8, 4) is 22.6 Å². The van der Waals surface area contributed by atoms with Gasteiger partial charge in [0.25, 0.3) is 5.91 Å². The van der Waals surface area contributed by atoms with Gasteiger partial charge in [0.05, 0.1) is 19.1 Å². The minimum absolute atomic E-state index is 0.126. The molecule has 0 fully saturated rings. The van der Waals surface area contributed by atoms with Crippen molar-refractivity contribution >= 4 is 11.9 Å². The van der Waals surface area contributed by atoms with Crippen molar-refractivity contribution in [2.24, 2.45) is 5.92 Å². The Labute approximate surface area is 213 Å². The molecule has 1 unspecified atom stereocenters. The van der Waals surface area contributed by atoms with Crippen LogP contribution in [0.25, 0.3) is 11.1 Å². The second-order valence-corrected chi connectivity index (χ2v) is 8.64. The number of esters is 1. The zero-order valence-corrected chi connectivity index (χ0v) is 21.0. The van der Waals surface area contributed by atoms with E-state index in [4.69, 9.17) is 9.47 Å². The van der Waals surface area contributed by atoms with Crippen LogP contribution in [0.15, 0.2) is 72.8 Å². The lowest BCUT2D eigenvalue weighted by atomic mass is 9.94. The highest BCUT2D eigenvalue weighted by molar-refractivity contribution is 5.94. The summed E-state index contributed by atoms with van der Waals surface area (Å²) in [5.41, 5.74) is 3.17. The standard InChI is InChI=1S/C30H35NO5/c1-3-5-8-25(30(34)35-4-2)21-22-11-17-26(18-12-22)36-20-19-31-29(33)24-15-13-23(14-16-24)27-9-6-7-10-28(27)32/h6-7,9-18,25,32H,3-5,8,19-21H2,1-2H3,(H,31,33). The van der Waals surface area contributed by atoms with E-state index in [2.05, 4.69) is 12.2 Å². The zero-order chi connectivity index (χ0) is 25.8. The highest BCUT2D eigenvalue weighted by Gasteiger charge is 2.19. The van der Waals surface area contributed by atoms with Crippen LogP contribution in [0.4, 0.5) is 0 Å². The smallest absolute Gasteiger partial charge is 0.309 e. The number of hydrogen-bond acceptors (Lipinski definition) is 5. The molecule has 0 aliphatic heterocycles.